The van der Waals surface area contributed by atoms with Crippen molar-refractivity contribution < 1.29 is 9.21 Å². The third-order valence-electron chi connectivity index (χ3n) is 3.04. The van der Waals surface area contributed by atoms with Gasteiger partial charge in [0.2, 0.25) is 0 Å². The molecule has 0 aliphatic heterocycles. The second-order valence-electron chi connectivity index (χ2n) is 5.00. The Morgan fingerprint density at radius 2 is 2.19 bits per heavy atom. The summed E-state index contributed by atoms with van der Waals surface area (Å²) in [4.78, 5) is 11.8. The summed E-state index contributed by atoms with van der Waals surface area (Å²) >= 11 is 14.9. The van der Waals surface area contributed by atoms with Gasteiger partial charge in [-0.2, -0.15) is 5.10 Å². The molecule has 3 rings (SSSR count). The van der Waals surface area contributed by atoms with Crippen LogP contribution in [0.25, 0.3) is 11.3 Å². The van der Waals surface area contributed by atoms with Gasteiger partial charge in [0.05, 0.1) is 17.0 Å². The molecule has 0 bridgehead atoms. The summed E-state index contributed by atoms with van der Waals surface area (Å²) < 4.78 is 6.40. The third kappa shape index (κ3) is 5.07. The molecular formula is C16H12Cl2N4O2S2. The van der Waals surface area contributed by atoms with Gasteiger partial charge >= 0.3 is 0 Å². The molecule has 6 nitrogen and oxygen atoms in total. The number of carbonyl (C=O) groups is 1. The molecule has 3 aromatic rings. The number of hydrazone groups is 1. The lowest BCUT2D eigenvalue weighted by molar-refractivity contribution is -0.118. The maximum absolute atomic E-state index is 11.8. The Bertz CT molecular complexity index is 955. The Morgan fingerprint density at radius 1 is 1.35 bits per heavy atom. The van der Waals surface area contributed by atoms with Gasteiger partial charge < -0.3 is 4.42 Å². The van der Waals surface area contributed by atoms with Crippen LogP contribution >= 0.6 is 46.3 Å². The van der Waals surface area contributed by atoms with Crippen molar-refractivity contribution in [1.82, 2.24) is 15.6 Å². The van der Waals surface area contributed by atoms with Gasteiger partial charge in [0.15, 0.2) is 4.34 Å². The van der Waals surface area contributed by atoms with Crippen LogP contribution in [0.1, 0.15) is 10.8 Å². The number of nitrogens with one attached hydrogen (secondary N) is 1. The van der Waals surface area contributed by atoms with E-state index in [0.29, 0.717) is 27.1 Å². The number of amides is 1. The zero-order valence-corrected chi connectivity index (χ0v) is 16.5. The number of hydrogen-bond donors (Lipinski definition) is 1. The summed E-state index contributed by atoms with van der Waals surface area (Å²) in [5.41, 5.74) is 3.12. The molecule has 2 aromatic heterocycles. The lowest BCUT2D eigenvalue weighted by atomic mass is 10.2. The van der Waals surface area contributed by atoms with Crippen LogP contribution in [0.2, 0.25) is 10.0 Å². The molecule has 26 heavy (non-hydrogen) atoms. The molecular weight excluding hydrogens is 415 g/mol. The molecule has 0 spiro atoms. The summed E-state index contributed by atoms with van der Waals surface area (Å²) in [5.74, 6) is 0.994. The fraction of sp³-hybridized carbons (Fsp3) is 0.125. The molecule has 1 aromatic carbocycles. The Balaban J connectivity index is 1.55. The van der Waals surface area contributed by atoms with Crippen molar-refractivity contribution in [3.63, 3.8) is 0 Å². The number of hydrogen-bond acceptors (Lipinski definition) is 7. The van der Waals surface area contributed by atoms with Crippen molar-refractivity contribution in [2.24, 2.45) is 5.10 Å². The molecule has 10 heteroatoms. The molecule has 0 atom stereocenters. The summed E-state index contributed by atoms with van der Waals surface area (Å²) in [6.07, 6.45) is 1.42. The lowest BCUT2D eigenvalue weighted by Crippen LogP contribution is -2.19. The largest absolute Gasteiger partial charge is 0.455 e. The Morgan fingerprint density at radius 3 is 2.96 bits per heavy atom. The predicted octanol–water partition coefficient (Wildman–Crippen LogP) is 4.66. The number of thioether (sulfide) groups is 1. The molecule has 0 unspecified atom stereocenters. The Hall–Kier alpha value is -1.87. The lowest BCUT2D eigenvalue weighted by Gasteiger charge is -2.01. The molecule has 0 radical (unpaired) electrons. The van der Waals surface area contributed by atoms with Crippen LogP contribution in [0.4, 0.5) is 0 Å². The standard InChI is InChI=1S/C16H12Cl2N4O2S2/c1-9-20-22-16(26-9)25-8-15(23)21-19-7-11-3-5-14(24-11)12-6-10(17)2-4-13(12)18/h2-7H,8H2,1H3,(H,21,23)/b19-7-. The maximum Gasteiger partial charge on any atom is 0.250 e. The van der Waals surface area contributed by atoms with Gasteiger partial charge in [0, 0.05) is 10.6 Å². The van der Waals surface area contributed by atoms with Crippen molar-refractivity contribution in [3.8, 4) is 11.3 Å². The van der Waals surface area contributed by atoms with E-state index in [-0.39, 0.29) is 11.7 Å². The van der Waals surface area contributed by atoms with Crippen LogP contribution < -0.4 is 5.43 Å². The van der Waals surface area contributed by atoms with Crippen LogP contribution in [0.15, 0.2) is 44.2 Å². The van der Waals surface area contributed by atoms with Crippen LogP contribution in [0.3, 0.4) is 0 Å². The first kappa shape index (κ1) is 18.9. The minimum atomic E-state index is -0.247. The van der Waals surface area contributed by atoms with E-state index in [4.69, 9.17) is 27.6 Å². The minimum Gasteiger partial charge on any atom is -0.455 e. The summed E-state index contributed by atoms with van der Waals surface area (Å²) in [7, 11) is 0. The van der Waals surface area contributed by atoms with Gasteiger partial charge in [0.25, 0.3) is 5.91 Å². The first-order valence-electron chi connectivity index (χ1n) is 7.31. The van der Waals surface area contributed by atoms with Gasteiger partial charge in [-0.15, -0.1) is 10.2 Å². The van der Waals surface area contributed by atoms with Crippen molar-refractivity contribution in [3.05, 3.63) is 51.1 Å². The van der Waals surface area contributed by atoms with E-state index in [0.717, 1.165) is 9.35 Å². The van der Waals surface area contributed by atoms with E-state index in [9.17, 15) is 4.79 Å². The fourth-order valence-corrected chi connectivity index (χ4v) is 3.91. The highest BCUT2D eigenvalue weighted by molar-refractivity contribution is 8.01. The average Bonchev–Trinajstić information content (AvgIpc) is 3.24. The number of furan rings is 1. The average molecular weight is 427 g/mol. The van der Waals surface area contributed by atoms with Crippen molar-refractivity contribution in [1.29, 1.82) is 0 Å². The minimum absolute atomic E-state index is 0.202. The molecule has 0 saturated heterocycles. The predicted molar refractivity (Wildman–Crippen MR) is 105 cm³/mol. The summed E-state index contributed by atoms with van der Waals surface area (Å²) in [6.45, 7) is 1.86. The van der Waals surface area contributed by atoms with Crippen LogP contribution in [0, 0.1) is 6.92 Å². The SMILES string of the molecule is Cc1nnc(SCC(=O)N/N=C\c2ccc(-c3cc(Cl)ccc3Cl)o2)s1. The molecule has 1 amide bonds. The van der Waals surface area contributed by atoms with Crippen molar-refractivity contribution in [2.45, 2.75) is 11.3 Å². The number of halogens is 2. The highest BCUT2D eigenvalue weighted by Crippen LogP contribution is 2.31. The first-order valence-corrected chi connectivity index (χ1v) is 9.87. The van der Waals surface area contributed by atoms with Gasteiger partial charge in [-0.05, 0) is 37.3 Å². The van der Waals surface area contributed by atoms with Crippen LogP contribution in [-0.2, 0) is 4.79 Å². The fourth-order valence-electron chi connectivity index (χ4n) is 1.92. The Labute approximate surface area is 167 Å². The molecule has 1 N–H and O–H groups in total. The highest BCUT2D eigenvalue weighted by Gasteiger charge is 2.09. The smallest absolute Gasteiger partial charge is 0.250 e. The van der Waals surface area contributed by atoms with E-state index >= 15 is 0 Å². The highest BCUT2D eigenvalue weighted by atomic mass is 35.5. The molecule has 0 saturated carbocycles. The number of carbonyl (C=O) groups excluding carboxylic acids is 1. The third-order valence-corrected chi connectivity index (χ3v) is 5.57. The first-order chi connectivity index (χ1) is 12.5. The zero-order chi connectivity index (χ0) is 18.5. The van der Waals surface area contributed by atoms with Crippen molar-refractivity contribution >= 4 is 58.4 Å². The zero-order valence-electron chi connectivity index (χ0n) is 13.4. The second kappa shape index (κ2) is 8.68. The van der Waals surface area contributed by atoms with Crippen molar-refractivity contribution in [2.75, 3.05) is 5.75 Å². The van der Waals surface area contributed by atoms with E-state index < -0.39 is 0 Å². The molecule has 0 fully saturated rings. The normalized spacial score (nSPS) is 11.2. The summed E-state index contributed by atoms with van der Waals surface area (Å²) in [6, 6.07) is 8.61. The van der Waals surface area contributed by atoms with E-state index in [1.165, 1.54) is 29.3 Å². The van der Waals surface area contributed by atoms with Crippen LogP contribution in [0.5, 0.6) is 0 Å². The van der Waals surface area contributed by atoms with E-state index in [1.54, 1.807) is 30.3 Å². The number of aryl methyl sites for hydroxylation is 1. The number of rotatable bonds is 6. The maximum atomic E-state index is 11.8. The van der Waals surface area contributed by atoms with E-state index in [1.807, 2.05) is 6.92 Å². The molecule has 134 valence electrons. The summed E-state index contributed by atoms with van der Waals surface area (Å²) in [5, 5.41) is 13.7. The number of benzene rings is 1. The van der Waals surface area contributed by atoms with Gasteiger partial charge in [0.1, 0.15) is 16.5 Å². The molecule has 0 aliphatic rings. The van der Waals surface area contributed by atoms with E-state index in [2.05, 4.69) is 20.7 Å². The van der Waals surface area contributed by atoms with Gasteiger partial charge in [-0.1, -0.05) is 46.3 Å². The topological polar surface area (TPSA) is 80.4 Å². The molecule has 0 aliphatic carbocycles. The second-order valence-corrected chi connectivity index (χ2v) is 8.24. The molecule has 2 heterocycles. The monoisotopic (exact) mass is 426 g/mol. The van der Waals surface area contributed by atoms with Gasteiger partial charge in [-0.3, -0.25) is 4.79 Å². The number of nitrogens with zero attached hydrogens (tertiary/aromatic N) is 3. The Kier molecular flexibility index (Phi) is 6.31. The van der Waals surface area contributed by atoms with Crippen LogP contribution in [-0.4, -0.2) is 28.1 Å². The quantitative estimate of drug-likeness (QED) is 0.352. The number of aromatic nitrogens is 2. The van der Waals surface area contributed by atoms with Gasteiger partial charge in [-0.25, -0.2) is 5.43 Å².